The molecule has 0 amide bonds. The van der Waals surface area contributed by atoms with Crippen molar-refractivity contribution in [3.63, 3.8) is 0 Å². The summed E-state index contributed by atoms with van der Waals surface area (Å²) in [4.78, 5) is 0. The summed E-state index contributed by atoms with van der Waals surface area (Å²) in [6, 6.07) is 26.5. The van der Waals surface area contributed by atoms with Gasteiger partial charge in [0.2, 0.25) is 0 Å². The summed E-state index contributed by atoms with van der Waals surface area (Å²) in [5.41, 5.74) is 6.50. The minimum atomic E-state index is 0.596. The highest BCUT2D eigenvalue weighted by Gasteiger charge is 2.19. The van der Waals surface area contributed by atoms with E-state index in [4.69, 9.17) is 9.47 Å². The van der Waals surface area contributed by atoms with Crippen molar-refractivity contribution in [2.45, 2.75) is 64.7 Å². The van der Waals surface area contributed by atoms with Crippen LogP contribution in [0.15, 0.2) is 72.8 Å². The van der Waals surface area contributed by atoms with Crippen LogP contribution in [0.25, 0.3) is 22.3 Å². The summed E-state index contributed by atoms with van der Waals surface area (Å²) in [5, 5.41) is 0. The second kappa shape index (κ2) is 12.8. The van der Waals surface area contributed by atoms with E-state index in [-0.39, 0.29) is 0 Å². The molecule has 0 aliphatic heterocycles. The standard InChI is InChI=1S/C32H40O2/c1-3-4-5-22-33-23-24-34-32-20-18-31(19-21-32)30-16-14-29(15-17-30)28-12-10-27(11-13-28)26-8-6-25(2)7-9-26/h10-21,25-26H,3-9,22-24H2,1-2H3. The first kappa shape index (κ1) is 24.5. The summed E-state index contributed by atoms with van der Waals surface area (Å²) in [6.45, 7) is 6.66. The van der Waals surface area contributed by atoms with Crippen molar-refractivity contribution in [3.8, 4) is 28.0 Å². The molecule has 2 heteroatoms. The highest BCUT2D eigenvalue weighted by Crippen LogP contribution is 2.36. The predicted octanol–water partition coefficient (Wildman–Crippen LogP) is 8.90. The van der Waals surface area contributed by atoms with E-state index in [2.05, 4.69) is 74.5 Å². The fourth-order valence-electron chi connectivity index (χ4n) is 4.91. The van der Waals surface area contributed by atoms with Crippen LogP contribution >= 0.6 is 0 Å². The lowest BCUT2D eigenvalue weighted by Gasteiger charge is -2.26. The fourth-order valence-corrected chi connectivity index (χ4v) is 4.91. The second-order valence-corrected chi connectivity index (χ2v) is 9.85. The smallest absolute Gasteiger partial charge is 0.119 e. The Kier molecular flexibility index (Phi) is 9.21. The molecule has 3 aromatic rings. The Morgan fingerprint density at radius 1 is 0.618 bits per heavy atom. The summed E-state index contributed by atoms with van der Waals surface area (Å²) >= 11 is 0. The molecule has 4 rings (SSSR count). The molecular weight excluding hydrogens is 416 g/mol. The maximum absolute atomic E-state index is 5.81. The molecule has 0 unspecified atom stereocenters. The molecule has 0 radical (unpaired) electrons. The molecule has 0 heterocycles. The van der Waals surface area contributed by atoms with Crippen molar-refractivity contribution < 1.29 is 9.47 Å². The number of rotatable bonds is 11. The number of unbranched alkanes of at least 4 members (excludes halogenated alkanes) is 2. The van der Waals surface area contributed by atoms with Gasteiger partial charge >= 0.3 is 0 Å². The zero-order chi connectivity index (χ0) is 23.6. The maximum atomic E-state index is 5.81. The summed E-state index contributed by atoms with van der Waals surface area (Å²) in [6.07, 6.45) is 9.01. The van der Waals surface area contributed by atoms with Gasteiger partial charge in [0, 0.05) is 6.61 Å². The lowest BCUT2D eigenvalue weighted by Crippen LogP contribution is -2.10. The van der Waals surface area contributed by atoms with Gasteiger partial charge in [-0.3, -0.25) is 0 Å². The number of hydrogen-bond acceptors (Lipinski definition) is 2. The number of hydrogen-bond donors (Lipinski definition) is 0. The molecule has 0 bridgehead atoms. The van der Waals surface area contributed by atoms with Crippen LogP contribution in [0.4, 0.5) is 0 Å². The van der Waals surface area contributed by atoms with Gasteiger partial charge in [-0.25, -0.2) is 0 Å². The van der Waals surface area contributed by atoms with E-state index in [1.807, 2.05) is 12.1 Å². The third-order valence-electron chi connectivity index (χ3n) is 7.19. The van der Waals surface area contributed by atoms with Crippen molar-refractivity contribution in [3.05, 3.63) is 78.4 Å². The van der Waals surface area contributed by atoms with Crippen LogP contribution in [0.5, 0.6) is 5.75 Å². The zero-order valence-electron chi connectivity index (χ0n) is 21.0. The summed E-state index contributed by atoms with van der Waals surface area (Å²) < 4.78 is 11.4. The molecule has 2 nitrogen and oxygen atoms in total. The Bertz CT molecular complexity index is 965. The van der Waals surface area contributed by atoms with Crippen molar-refractivity contribution in [2.24, 2.45) is 5.92 Å². The average Bonchev–Trinajstić information content (AvgIpc) is 2.89. The molecule has 0 atom stereocenters. The van der Waals surface area contributed by atoms with E-state index in [0.29, 0.717) is 13.2 Å². The second-order valence-electron chi connectivity index (χ2n) is 9.85. The molecule has 0 aromatic heterocycles. The fraction of sp³-hybridized carbons (Fsp3) is 0.438. The van der Waals surface area contributed by atoms with Crippen molar-refractivity contribution in [1.82, 2.24) is 0 Å². The number of ether oxygens (including phenoxy) is 2. The van der Waals surface area contributed by atoms with Crippen molar-refractivity contribution in [1.29, 1.82) is 0 Å². The van der Waals surface area contributed by atoms with Gasteiger partial charge < -0.3 is 9.47 Å². The van der Waals surface area contributed by atoms with Gasteiger partial charge in [-0.15, -0.1) is 0 Å². The first-order valence-electron chi connectivity index (χ1n) is 13.2. The van der Waals surface area contributed by atoms with Gasteiger partial charge in [0.1, 0.15) is 12.4 Å². The molecule has 1 aliphatic carbocycles. The predicted molar refractivity (Wildman–Crippen MR) is 144 cm³/mol. The first-order chi connectivity index (χ1) is 16.7. The molecule has 1 fully saturated rings. The van der Waals surface area contributed by atoms with Crippen LogP contribution in [0, 0.1) is 5.92 Å². The first-order valence-corrected chi connectivity index (χ1v) is 13.2. The molecule has 0 spiro atoms. The van der Waals surface area contributed by atoms with E-state index in [9.17, 15) is 0 Å². The van der Waals surface area contributed by atoms with Gasteiger partial charge in [-0.2, -0.15) is 0 Å². The van der Waals surface area contributed by atoms with Gasteiger partial charge in [0.15, 0.2) is 0 Å². The van der Waals surface area contributed by atoms with Crippen LogP contribution in [-0.4, -0.2) is 19.8 Å². The summed E-state index contributed by atoms with van der Waals surface area (Å²) in [5.74, 6) is 2.54. The van der Waals surface area contributed by atoms with E-state index in [1.54, 1.807) is 0 Å². The molecule has 0 N–H and O–H groups in total. The molecular formula is C32H40O2. The number of benzene rings is 3. The Morgan fingerprint density at radius 3 is 1.71 bits per heavy atom. The monoisotopic (exact) mass is 456 g/mol. The minimum absolute atomic E-state index is 0.596. The molecule has 3 aromatic carbocycles. The van der Waals surface area contributed by atoms with Crippen LogP contribution < -0.4 is 4.74 Å². The van der Waals surface area contributed by atoms with Crippen molar-refractivity contribution >= 4 is 0 Å². The van der Waals surface area contributed by atoms with Crippen LogP contribution in [0.3, 0.4) is 0 Å². The molecule has 1 saturated carbocycles. The van der Waals surface area contributed by atoms with E-state index >= 15 is 0 Å². The third kappa shape index (κ3) is 6.96. The van der Waals surface area contributed by atoms with E-state index < -0.39 is 0 Å². The van der Waals surface area contributed by atoms with E-state index in [0.717, 1.165) is 30.6 Å². The Hall–Kier alpha value is -2.58. The molecule has 34 heavy (non-hydrogen) atoms. The van der Waals surface area contributed by atoms with Crippen LogP contribution in [0.2, 0.25) is 0 Å². The normalized spacial score (nSPS) is 18.1. The molecule has 180 valence electrons. The largest absolute Gasteiger partial charge is 0.491 e. The Morgan fingerprint density at radius 2 is 1.15 bits per heavy atom. The van der Waals surface area contributed by atoms with Crippen molar-refractivity contribution in [2.75, 3.05) is 19.8 Å². The Balaban J connectivity index is 1.28. The quantitative estimate of drug-likeness (QED) is 0.268. The van der Waals surface area contributed by atoms with Gasteiger partial charge in [-0.1, -0.05) is 100 Å². The molecule has 0 saturated heterocycles. The topological polar surface area (TPSA) is 18.5 Å². The van der Waals surface area contributed by atoms with Gasteiger partial charge in [0.05, 0.1) is 6.61 Å². The summed E-state index contributed by atoms with van der Waals surface area (Å²) in [7, 11) is 0. The SMILES string of the molecule is CCCCCOCCOc1ccc(-c2ccc(-c3ccc(C4CCC(C)CC4)cc3)cc2)cc1. The highest BCUT2D eigenvalue weighted by atomic mass is 16.5. The van der Waals surface area contributed by atoms with Crippen LogP contribution in [-0.2, 0) is 4.74 Å². The third-order valence-corrected chi connectivity index (χ3v) is 7.19. The maximum Gasteiger partial charge on any atom is 0.119 e. The van der Waals surface area contributed by atoms with E-state index in [1.165, 1.54) is 66.3 Å². The molecule has 1 aliphatic rings. The lowest BCUT2D eigenvalue weighted by molar-refractivity contribution is 0.0973. The minimum Gasteiger partial charge on any atom is -0.491 e. The Labute approximate surface area is 206 Å². The average molecular weight is 457 g/mol. The lowest BCUT2D eigenvalue weighted by atomic mass is 9.79. The van der Waals surface area contributed by atoms with Gasteiger partial charge in [0.25, 0.3) is 0 Å². The van der Waals surface area contributed by atoms with Crippen LogP contribution in [0.1, 0.15) is 70.3 Å². The van der Waals surface area contributed by atoms with Gasteiger partial charge in [-0.05, 0) is 71.0 Å². The zero-order valence-corrected chi connectivity index (χ0v) is 21.0. The highest BCUT2D eigenvalue weighted by molar-refractivity contribution is 5.70.